The number of hydrogen-bond donors (Lipinski definition) is 2. The van der Waals surface area contributed by atoms with Crippen LogP contribution in [-0.2, 0) is 9.59 Å². The molecule has 0 atom stereocenters. The Morgan fingerprint density at radius 2 is 1.93 bits per heavy atom. The van der Waals surface area contributed by atoms with E-state index in [4.69, 9.17) is 0 Å². The van der Waals surface area contributed by atoms with Crippen LogP contribution in [0.25, 0.3) is 11.1 Å². The van der Waals surface area contributed by atoms with Gasteiger partial charge in [0.05, 0.1) is 16.6 Å². The molecule has 1 aromatic rings. The number of hydrogen-bond acceptors (Lipinski definition) is 6. The molecule has 2 N–H and O–H groups in total. The molecule has 7 nitrogen and oxygen atoms in total. The van der Waals surface area contributed by atoms with Gasteiger partial charge in [0.1, 0.15) is 5.75 Å². The number of carbonyl (C=O) groups is 2. The molecule has 0 aromatic heterocycles. The minimum absolute atomic E-state index is 0.103. The first-order valence-corrected chi connectivity index (χ1v) is 9.94. The van der Waals surface area contributed by atoms with Crippen molar-refractivity contribution in [2.75, 3.05) is 34.2 Å². The number of fused-ring (bicyclic) bond motifs is 2. The van der Waals surface area contributed by atoms with Gasteiger partial charge in [0.2, 0.25) is 0 Å². The van der Waals surface area contributed by atoms with Gasteiger partial charge in [-0.25, -0.2) is 4.99 Å². The van der Waals surface area contributed by atoms with E-state index in [2.05, 4.69) is 20.2 Å². The van der Waals surface area contributed by atoms with Crippen molar-refractivity contribution in [3.8, 4) is 5.75 Å². The van der Waals surface area contributed by atoms with E-state index in [-0.39, 0.29) is 17.4 Å². The summed E-state index contributed by atoms with van der Waals surface area (Å²) in [5, 5.41) is 15.4. The number of carbonyl (C=O) groups excluding carboxylic acids is 2. The molecule has 2 heterocycles. The van der Waals surface area contributed by atoms with Crippen LogP contribution in [0.3, 0.4) is 0 Å². The summed E-state index contributed by atoms with van der Waals surface area (Å²) in [5.74, 6) is -0.505. The third-order valence-corrected chi connectivity index (χ3v) is 5.49. The summed E-state index contributed by atoms with van der Waals surface area (Å²) < 4.78 is 0. The molecule has 0 saturated heterocycles. The zero-order valence-electron chi connectivity index (χ0n) is 17.3. The van der Waals surface area contributed by atoms with Crippen molar-refractivity contribution in [3.63, 3.8) is 0 Å². The van der Waals surface area contributed by atoms with Crippen molar-refractivity contribution in [1.82, 2.24) is 10.2 Å². The number of nitrogens with zero attached hydrogens (tertiary/aromatic N) is 3. The van der Waals surface area contributed by atoms with Crippen LogP contribution in [-0.4, -0.2) is 61.6 Å². The van der Waals surface area contributed by atoms with Gasteiger partial charge in [0, 0.05) is 34.7 Å². The highest BCUT2D eigenvalue weighted by Crippen LogP contribution is 2.30. The third-order valence-electron chi connectivity index (χ3n) is 5.49. The Kier molecular flexibility index (Phi) is 5.32. The third kappa shape index (κ3) is 3.36. The van der Waals surface area contributed by atoms with Gasteiger partial charge < -0.3 is 15.3 Å². The molecule has 1 aliphatic carbocycles. The molecule has 154 valence electrons. The average Bonchev–Trinajstić information content (AvgIpc) is 3.27. The molecule has 4 rings (SSSR count). The number of allylic oxidation sites excluding steroid dienone is 3. The van der Waals surface area contributed by atoms with E-state index in [0.717, 1.165) is 23.9 Å². The van der Waals surface area contributed by atoms with Crippen LogP contribution in [0.4, 0.5) is 0 Å². The SMILES string of the molecule is CNCCC1=C2C(=O)C=CC(=c3ccc4c(c3O)C(CCN(C)C)=CN=4)C2=NC1=O. The molecule has 7 heteroatoms. The molecule has 0 radical (unpaired) electrons. The second kappa shape index (κ2) is 7.93. The van der Waals surface area contributed by atoms with Gasteiger partial charge in [0.25, 0.3) is 5.91 Å². The molecular formula is C23H24N4O3. The first kappa shape index (κ1) is 20.1. The molecule has 0 unspecified atom stereocenters. The van der Waals surface area contributed by atoms with Crippen molar-refractivity contribution >= 4 is 28.5 Å². The van der Waals surface area contributed by atoms with E-state index in [1.54, 1.807) is 25.4 Å². The molecule has 1 aromatic carbocycles. The van der Waals surface area contributed by atoms with E-state index in [1.807, 2.05) is 20.2 Å². The highest BCUT2D eigenvalue weighted by Gasteiger charge is 2.34. The Bertz CT molecular complexity index is 1200. The number of phenols is 1. The largest absolute Gasteiger partial charge is 0.507 e. The first-order chi connectivity index (χ1) is 14.4. The molecule has 2 aliphatic heterocycles. The second-order valence-electron chi connectivity index (χ2n) is 7.78. The molecule has 30 heavy (non-hydrogen) atoms. The normalized spacial score (nSPS) is 19.2. The van der Waals surface area contributed by atoms with Crippen LogP contribution in [0.2, 0.25) is 0 Å². The smallest absolute Gasteiger partial charge is 0.274 e. The summed E-state index contributed by atoms with van der Waals surface area (Å²) in [6.07, 6.45) is 6.05. The number of phenolic OH excluding ortho intramolecular Hbond substituents is 1. The van der Waals surface area contributed by atoms with Crippen LogP contribution in [0.5, 0.6) is 5.75 Å². The lowest BCUT2D eigenvalue weighted by atomic mass is 9.88. The van der Waals surface area contributed by atoms with Crippen LogP contribution < -0.4 is 15.9 Å². The van der Waals surface area contributed by atoms with Crippen molar-refractivity contribution in [2.24, 2.45) is 9.98 Å². The maximum Gasteiger partial charge on any atom is 0.274 e. The van der Waals surface area contributed by atoms with Crippen LogP contribution in [0.1, 0.15) is 18.4 Å². The molecule has 0 saturated carbocycles. The fourth-order valence-electron chi connectivity index (χ4n) is 3.92. The number of amides is 1. The minimum atomic E-state index is -0.382. The predicted octanol–water partition coefficient (Wildman–Crippen LogP) is 0.495. The lowest BCUT2D eigenvalue weighted by Crippen LogP contribution is -2.24. The maximum atomic E-state index is 12.5. The Labute approximate surface area is 174 Å². The summed E-state index contributed by atoms with van der Waals surface area (Å²) >= 11 is 0. The summed E-state index contributed by atoms with van der Waals surface area (Å²) in [4.78, 5) is 35.7. The van der Waals surface area contributed by atoms with Gasteiger partial charge in [-0.2, -0.15) is 0 Å². The minimum Gasteiger partial charge on any atom is -0.507 e. The Morgan fingerprint density at radius 3 is 2.67 bits per heavy atom. The van der Waals surface area contributed by atoms with Gasteiger partial charge in [-0.1, -0.05) is 0 Å². The van der Waals surface area contributed by atoms with E-state index < -0.39 is 0 Å². The summed E-state index contributed by atoms with van der Waals surface area (Å²) in [7, 11) is 5.79. The molecular weight excluding hydrogens is 380 g/mol. The predicted molar refractivity (Wildman–Crippen MR) is 116 cm³/mol. The number of nitrogens with one attached hydrogen (secondary N) is 1. The standard InChI is InChI=1S/C23H24N4O3/c1-24-10-8-16-20-18(28)7-5-14(21(20)26-23(16)30)15-4-6-17-19(22(15)29)13(12-25-17)9-11-27(2)3/h4-7,12,24,29H,8-11H2,1-3H3. The van der Waals surface area contributed by atoms with Gasteiger partial charge in [-0.15, -0.1) is 0 Å². The van der Waals surface area contributed by atoms with Gasteiger partial charge in [-0.3, -0.25) is 14.6 Å². The highest BCUT2D eigenvalue weighted by atomic mass is 16.3. The second-order valence-corrected chi connectivity index (χ2v) is 7.78. The Balaban J connectivity index is 1.86. The number of rotatable bonds is 6. The van der Waals surface area contributed by atoms with Crippen LogP contribution >= 0.6 is 0 Å². The van der Waals surface area contributed by atoms with Gasteiger partial charge >= 0.3 is 0 Å². The number of benzene rings is 1. The van der Waals surface area contributed by atoms with Crippen molar-refractivity contribution < 1.29 is 14.7 Å². The van der Waals surface area contributed by atoms with E-state index in [0.29, 0.717) is 46.2 Å². The Hall–Kier alpha value is -3.16. The monoisotopic (exact) mass is 404 g/mol. The number of aromatic hydroxyl groups is 1. The van der Waals surface area contributed by atoms with E-state index in [9.17, 15) is 14.7 Å². The quantitative estimate of drug-likeness (QED) is 0.720. The van der Waals surface area contributed by atoms with Gasteiger partial charge in [-0.05, 0) is 70.4 Å². The summed E-state index contributed by atoms with van der Waals surface area (Å²) in [6.45, 7) is 1.41. The molecule has 3 aliphatic rings. The van der Waals surface area contributed by atoms with E-state index in [1.165, 1.54) is 6.08 Å². The van der Waals surface area contributed by atoms with Crippen LogP contribution in [0.15, 0.2) is 51.6 Å². The zero-order chi connectivity index (χ0) is 21.4. The van der Waals surface area contributed by atoms with Crippen molar-refractivity contribution in [1.29, 1.82) is 0 Å². The van der Waals surface area contributed by atoms with Gasteiger partial charge in [0.15, 0.2) is 5.78 Å². The average molecular weight is 404 g/mol. The van der Waals surface area contributed by atoms with Crippen molar-refractivity contribution in [3.05, 3.63) is 57.8 Å². The topological polar surface area (TPSA) is 94.4 Å². The number of aliphatic imine (C=N–C) groups is 1. The van der Waals surface area contributed by atoms with Crippen molar-refractivity contribution in [2.45, 2.75) is 12.8 Å². The lowest BCUT2D eigenvalue weighted by molar-refractivity contribution is -0.115. The fourth-order valence-corrected chi connectivity index (χ4v) is 3.92. The highest BCUT2D eigenvalue weighted by molar-refractivity contribution is 6.49. The lowest BCUT2D eigenvalue weighted by Gasteiger charge is -2.14. The molecule has 0 spiro atoms. The van der Waals surface area contributed by atoms with E-state index >= 15 is 0 Å². The maximum absolute atomic E-state index is 12.5. The fraction of sp³-hybridized carbons (Fsp3) is 0.304. The van der Waals surface area contributed by atoms with Crippen LogP contribution in [0, 0.1) is 0 Å². The summed E-state index contributed by atoms with van der Waals surface area (Å²) in [6, 6.07) is 3.62. The molecule has 0 bridgehead atoms. The molecule has 1 amide bonds. The molecule has 0 fully saturated rings. The zero-order valence-corrected chi connectivity index (χ0v) is 17.3. The number of ketones is 1. The Morgan fingerprint density at radius 1 is 1.13 bits per heavy atom. The first-order valence-electron chi connectivity index (χ1n) is 9.94. The summed E-state index contributed by atoms with van der Waals surface area (Å²) in [5.41, 5.74) is 3.37.